The maximum Gasteiger partial charge on any atom is 0.262 e. The first-order chi connectivity index (χ1) is 13.0. The van der Waals surface area contributed by atoms with Gasteiger partial charge in [0.15, 0.2) is 0 Å². The van der Waals surface area contributed by atoms with E-state index in [2.05, 4.69) is 5.10 Å². The van der Waals surface area contributed by atoms with Crippen LogP contribution in [0.5, 0.6) is 0 Å². The second-order valence-corrected chi connectivity index (χ2v) is 6.53. The van der Waals surface area contributed by atoms with E-state index in [1.165, 1.54) is 22.0 Å². The molecule has 0 N–H and O–H groups in total. The summed E-state index contributed by atoms with van der Waals surface area (Å²) in [5.41, 5.74) is 2.48. The number of hydrogen-bond acceptors (Lipinski definition) is 3. The summed E-state index contributed by atoms with van der Waals surface area (Å²) in [6, 6.07) is 15.5. The monoisotopic (exact) mass is 367 g/mol. The molecule has 6 heteroatoms. The number of hydrazone groups is 1. The summed E-state index contributed by atoms with van der Waals surface area (Å²) in [7, 11) is 1.61. The third-order valence-electron chi connectivity index (χ3n) is 4.63. The van der Waals surface area contributed by atoms with E-state index in [1.54, 1.807) is 26.1 Å². The first-order valence-corrected chi connectivity index (χ1v) is 8.94. The minimum absolute atomic E-state index is 0.0315. The molecule has 0 radical (unpaired) electrons. The van der Waals surface area contributed by atoms with Gasteiger partial charge >= 0.3 is 0 Å². The molecule has 1 aliphatic rings. The van der Waals surface area contributed by atoms with Gasteiger partial charge in [-0.25, -0.2) is 9.40 Å². The number of amides is 2. The van der Waals surface area contributed by atoms with Gasteiger partial charge < -0.3 is 4.90 Å². The van der Waals surface area contributed by atoms with Gasteiger partial charge in [0, 0.05) is 19.9 Å². The number of likely N-dealkylation sites (N-methyl/N-ethyl adjacent to an activating group) is 1. The number of carbonyl (C=O) groups excluding carboxylic acids is 2. The lowest BCUT2D eigenvalue weighted by Crippen LogP contribution is -2.38. The van der Waals surface area contributed by atoms with Crippen LogP contribution < -0.4 is 0 Å². The van der Waals surface area contributed by atoms with Crippen LogP contribution in [0.1, 0.15) is 36.9 Å². The SMILES string of the molecule is CCC(=O)N(C)CC(=O)N1N=C(c2ccc(F)cc2)C[C@H]1c1ccccc1. The molecule has 3 rings (SSSR count). The molecule has 0 aliphatic carbocycles. The van der Waals surface area contributed by atoms with Crippen molar-refractivity contribution in [2.45, 2.75) is 25.8 Å². The van der Waals surface area contributed by atoms with Crippen molar-refractivity contribution in [3.63, 3.8) is 0 Å². The molecule has 5 nitrogen and oxygen atoms in total. The van der Waals surface area contributed by atoms with Gasteiger partial charge in [-0.1, -0.05) is 49.4 Å². The fraction of sp³-hybridized carbons (Fsp3) is 0.286. The second kappa shape index (κ2) is 8.12. The zero-order valence-corrected chi connectivity index (χ0v) is 15.4. The fourth-order valence-corrected chi connectivity index (χ4v) is 3.13. The molecule has 0 aromatic heterocycles. The number of nitrogens with zero attached hydrogens (tertiary/aromatic N) is 3. The molecule has 0 bridgehead atoms. The van der Waals surface area contributed by atoms with Crippen LogP contribution >= 0.6 is 0 Å². The molecular formula is C21H22FN3O2. The Bertz CT molecular complexity index is 849. The highest BCUT2D eigenvalue weighted by molar-refractivity contribution is 6.03. The molecule has 140 valence electrons. The summed E-state index contributed by atoms with van der Waals surface area (Å²) in [6.07, 6.45) is 0.878. The van der Waals surface area contributed by atoms with Crippen molar-refractivity contribution in [1.29, 1.82) is 0 Å². The molecule has 1 heterocycles. The smallest absolute Gasteiger partial charge is 0.262 e. The van der Waals surface area contributed by atoms with Crippen LogP contribution in [-0.4, -0.2) is 41.0 Å². The fourth-order valence-electron chi connectivity index (χ4n) is 3.13. The maximum atomic E-state index is 13.2. The van der Waals surface area contributed by atoms with E-state index >= 15 is 0 Å². The van der Waals surface area contributed by atoms with Gasteiger partial charge in [0.05, 0.1) is 11.8 Å². The van der Waals surface area contributed by atoms with Crippen molar-refractivity contribution in [3.05, 3.63) is 71.5 Å². The van der Waals surface area contributed by atoms with E-state index < -0.39 is 0 Å². The van der Waals surface area contributed by atoms with Crippen molar-refractivity contribution >= 4 is 17.5 Å². The molecule has 1 atom stereocenters. The molecule has 0 saturated heterocycles. The third kappa shape index (κ3) is 4.22. The molecule has 27 heavy (non-hydrogen) atoms. The van der Waals surface area contributed by atoms with Crippen molar-refractivity contribution in [3.8, 4) is 0 Å². The average Bonchev–Trinajstić information content (AvgIpc) is 3.14. The molecule has 2 aromatic rings. The van der Waals surface area contributed by atoms with Crippen LogP contribution in [0.25, 0.3) is 0 Å². The molecule has 0 spiro atoms. The van der Waals surface area contributed by atoms with E-state index in [4.69, 9.17) is 0 Å². The predicted octanol–water partition coefficient (Wildman–Crippen LogP) is 3.37. The Hall–Kier alpha value is -3.02. The van der Waals surface area contributed by atoms with E-state index in [1.807, 2.05) is 30.3 Å². The van der Waals surface area contributed by atoms with Crippen molar-refractivity contribution in [2.24, 2.45) is 5.10 Å². The summed E-state index contributed by atoms with van der Waals surface area (Å²) < 4.78 is 13.2. The van der Waals surface area contributed by atoms with Crippen molar-refractivity contribution in [2.75, 3.05) is 13.6 Å². The standard InChI is InChI=1S/C21H22FN3O2/c1-3-20(26)24(2)14-21(27)25-19(16-7-5-4-6-8-16)13-18(23-25)15-9-11-17(22)12-10-15/h4-12,19H,3,13-14H2,1-2H3/t19-/m0/s1. The molecule has 2 aromatic carbocycles. The van der Waals surface area contributed by atoms with Gasteiger partial charge in [-0.2, -0.15) is 5.10 Å². The highest BCUT2D eigenvalue weighted by atomic mass is 19.1. The largest absolute Gasteiger partial charge is 0.336 e. The van der Waals surface area contributed by atoms with Gasteiger partial charge in [-0.3, -0.25) is 9.59 Å². The zero-order valence-electron chi connectivity index (χ0n) is 15.4. The lowest BCUT2D eigenvalue weighted by atomic mass is 9.98. The van der Waals surface area contributed by atoms with Gasteiger partial charge in [-0.15, -0.1) is 0 Å². The van der Waals surface area contributed by atoms with Crippen molar-refractivity contribution < 1.29 is 14.0 Å². The van der Waals surface area contributed by atoms with Gasteiger partial charge in [0.1, 0.15) is 12.4 Å². The minimum Gasteiger partial charge on any atom is -0.336 e. The van der Waals surface area contributed by atoms with E-state index in [-0.39, 0.29) is 30.2 Å². The first-order valence-electron chi connectivity index (χ1n) is 8.94. The summed E-state index contributed by atoms with van der Waals surface area (Å²) >= 11 is 0. The summed E-state index contributed by atoms with van der Waals surface area (Å²) in [6.45, 7) is 1.73. The Kier molecular flexibility index (Phi) is 5.64. The Balaban J connectivity index is 1.88. The lowest BCUT2D eigenvalue weighted by Gasteiger charge is -2.24. The van der Waals surface area contributed by atoms with Crippen LogP contribution in [-0.2, 0) is 9.59 Å². The molecule has 0 fully saturated rings. The Morgan fingerprint density at radius 2 is 1.81 bits per heavy atom. The molecule has 0 saturated carbocycles. The Morgan fingerprint density at radius 1 is 1.15 bits per heavy atom. The Morgan fingerprint density at radius 3 is 2.44 bits per heavy atom. The number of carbonyl (C=O) groups is 2. The maximum absolute atomic E-state index is 13.2. The normalized spacial score (nSPS) is 16.2. The topological polar surface area (TPSA) is 53.0 Å². The highest BCUT2D eigenvalue weighted by Crippen LogP contribution is 2.32. The van der Waals surface area contributed by atoms with Gasteiger partial charge in [-0.05, 0) is 23.3 Å². The summed E-state index contributed by atoms with van der Waals surface area (Å²) in [5.74, 6) is -0.656. The lowest BCUT2D eigenvalue weighted by molar-refractivity contribution is -0.140. The number of benzene rings is 2. The molecule has 0 unspecified atom stereocenters. The van der Waals surface area contributed by atoms with E-state index in [0.29, 0.717) is 12.8 Å². The van der Waals surface area contributed by atoms with Crippen LogP contribution in [0.2, 0.25) is 0 Å². The number of halogens is 1. The van der Waals surface area contributed by atoms with Gasteiger partial charge in [0.2, 0.25) is 5.91 Å². The quantitative estimate of drug-likeness (QED) is 0.814. The van der Waals surface area contributed by atoms with Crippen LogP contribution in [0.3, 0.4) is 0 Å². The van der Waals surface area contributed by atoms with Crippen LogP contribution in [0.4, 0.5) is 4.39 Å². The van der Waals surface area contributed by atoms with E-state index in [9.17, 15) is 14.0 Å². The first kappa shape index (κ1) is 18.8. The zero-order chi connectivity index (χ0) is 19.4. The average molecular weight is 367 g/mol. The van der Waals surface area contributed by atoms with E-state index in [0.717, 1.165) is 16.8 Å². The number of hydrogen-bond donors (Lipinski definition) is 0. The molecular weight excluding hydrogens is 345 g/mol. The van der Waals surface area contributed by atoms with Crippen LogP contribution in [0.15, 0.2) is 59.7 Å². The Labute approximate surface area is 158 Å². The second-order valence-electron chi connectivity index (χ2n) is 6.53. The van der Waals surface area contributed by atoms with Gasteiger partial charge in [0.25, 0.3) is 5.91 Å². The highest BCUT2D eigenvalue weighted by Gasteiger charge is 2.33. The van der Waals surface area contributed by atoms with Crippen LogP contribution in [0, 0.1) is 5.82 Å². The number of rotatable bonds is 5. The third-order valence-corrected chi connectivity index (χ3v) is 4.63. The van der Waals surface area contributed by atoms with Crippen molar-refractivity contribution in [1.82, 2.24) is 9.91 Å². The minimum atomic E-state index is -0.315. The molecule has 1 aliphatic heterocycles. The summed E-state index contributed by atoms with van der Waals surface area (Å²) in [4.78, 5) is 26.1. The molecule has 2 amide bonds. The summed E-state index contributed by atoms with van der Waals surface area (Å²) in [5, 5.41) is 5.98. The predicted molar refractivity (Wildman–Crippen MR) is 102 cm³/mol.